The van der Waals surface area contributed by atoms with Crippen LogP contribution in [0.1, 0.15) is 106 Å². The van der Waals surface area contributed by atoms with E-state index in [1.54, 1.807) is 20.8 Å². The number of unbranched alkanes of at least 4 members (excludes halogenated alkanes) is 1. The van der Waals surface area contributed by atoms with Crippen LogP contribution in [0, 0.1) is 11.8 Å². The molecule has 15 N–H and O–H groups in total. The van der Waals surface area contributed by atoms with Gasteiger partial charge >= 0.3 is 17.9 Å². The van der Waals surface area contributed by atoms with Gasteiger partial charge in [0.15, 0.2) is 0 Å². The van der Waals surface area contributed by atoms with Gasteiger partial charge in [-0.15, -0.1) is 0 Å². The smallest absolute Gasteiger partial charge is 0.326 e. The van der Waals surface area contributed by atoms with Crippen LogP contribution >= 0.6 is 0 Å². The number of hydrogen-bond acceptors (Lipinski definition) is 14. The zero-order valence-corrected chi connectivity index (χ0v) is 38.4. The van der Waals surface area contributed by atoms with Crippen LogP contribution in [0.25, 0.3) is 0 Å². The largest absolute Gasteiger partial charge is 0.481 e. The van der Waals surface area contributed by atoms with Crippen molar-refractivity contribution in [2.24, 2.45) is 23.3 Å². The first-order valence-electron chi connectivity index (χ1n) is 22.1. The van der Waals surface area contributed by atoms with Crippen LogP contribution in [-0.2, 0) is 52.7 Å². The number of hydrogen-bond donors (Lipinski definition) is 13. The van der Waals surface area contributed by atoms with E-state index in [0.29, 0.717) is 25.7 Å². The van der Waals surface area contributed by atoms with E-state index in [1.807, 2.05) is 6.92 Å². The highest BCUT2D eigenvalue weighted by Gasteiger charge is 2.41. The number of amides is 8. The van der Waals surface area contributed by atoms with Gasteiger partial charge in [-0.2, -0.15) is 0 Å². The van der Waals surface area contributed by atoms with Gasteiger partial charge in [-0.05, 0) is 77.2 Å². The predicted octanol–water partition coefficient (Wildman–Crippen LogP) is -3.62. The Morgan fingerprint density at radius 3 is 1.61 bits per heavy atom. The summed E-state index contributed by atoms with van der Waals surface area (Å²) in [6, 6.07) is -12.1. The zero-order valence-electron chi connectivity index (χ0n) is 38.4. The van der Waals surface area contributed by atoms with Gasteiger partial charge in [0.05, 0.1) is 12.6 Å². The summed E-state index contributed by atoms with van der Waals surface area (Å²) in [6.45, 7) is 8.91. The molecule has 1 fully saturated rings. The Morgan fingerprint density at radius 2 is 1.14 bits per heavy atom. The number of nitrogens with zero attached hydrogens (tertiary/aromatic N) is 1. The van der Waals surface area contributed by atoms with E-state index < -0.39 is 158 Å². The van der Waals surface area contributed by atoms with Gasteiger partial charge in [0.2, 0.25) is 47.3 Å². The Morgan fingerprint density at radius 1 is 0.621 bits per heavy atom. The van der Waals surface area contributed by atoms with Gasteiger partial charge in [-0.25, -0.2) is 4.79 Å². The number of carbonyl (C=O) groups is 11. The molecule has 0 aromatic heterocycles. The average Bonchev–Trinajstić information content (AvgIpc) is 3.75. The Labute approximate surface area is 383 Å². The van der Waals surface area contributed by atoms with Crippen molar-refractivity contribution in [2.45, 2.75) is 160 Å². The topological polar surface area (TPSA) is 408 Å². The second-order valence-electron chi connectivity index (χ2n) is 16.7. The molecule has 25 nitrogen and oxygen atoms in total. The molecule has 25 heteroatoms. The molecular weight excluding hydrogens is 873 g/mol. The molecular formula is C41H70N10O15. The molecule has 0 aliphatic carbocycles. The third-order valence-corrected chi connectivity index (χ3v) is 11.0. The molecule has 0 aromatic rings. The summed E-state index contributed by atoms with van der Waals surface area (Å²) < 4.78 is 0. The van der Waals surface area contributed by atoms with Gasteiger partial charge in [0, 0.05) is 19.4 Å². The lowest BCUT2D eigenvalue weighted by Crippen LogP contribution is -2.61. The average molecular weight is 943 g/mol. The van der Waals surface area contributed by atoms with Crippen molar-refractivity contribution >= 4 is 65.2 Å². The van der Waals surface area contributed by atoms with Gasteiger partial charge in [-0.3, -0.25) is 47.9 Å². The Bertz CT molecular complexity index is 1730. The number of carboxylic acid groups (broad SMARTS) is 3. The summed E-state index contributed by atoms with van der Waals surface area (Å²) in [6.07, 6.45) is -0.429. The summed E-state index contributed by atoms with van der Waals surface area (Å²) in [5.41, 5.74) is 11.2. The van der Waals surface area contributed by atoms with Gasteiger partial charge in [-0.1, -0.05) is 34.1 Å². The van der Waals surface area contributed by atoms with Gasteiger partial charge in [0.25, 0.3) is 0 Å². The van der Waals surface area contributed by atoms with Crippen molar-refractivity contribution in [3.8, 4) is 0 Å². The molecule has 1 aliphatic heterocycles. The van der Waals surface area contributed by atoms with Crippen molar-refractivity contribution in [3.05, 3.63) is 0 Å². The van der Waals surface area contributed by atoms with Crippen molar-refractivity contribution < 1.29 is 73.2 Å². The lowest BCUT2D eigenvalue weighted by Gasteiger charge is -2.33. The van der Waals surface area contributed by atoms with Crippen LogP contribution < -0.4 is 48.7 Å². The van der Waals surface area contributed by atoms with Crippen LogP contribution in [0.4, 0.5) is 0 Å². The predicted molar refractivity (Wildman–Crippen MR) is 233 cm³/mol. The minimum absolute atomic E-state index is 0.0319. The fourth-order valence-electron chi connectivity index (χ4n) is 6.73. The highest BCUT2D eigenvalue weighted by Crippen LogP contribution is 2.22. The monoisotopic (exact) mass is 943 g/mol. The second-order valence-corrected chi connectivity index (χ2v) is 16.7. The van der Waals surface area contributed by atoms with Crippen molar-refractivity contribution in [3.63, 3.8) is 0 Å². The summed E-state index contributed by atoms with van der Waals surface area (Å²) in [4.78, 5) is 143. The summed E-state index contributed by atoms with van der Waals surface area (Å²) in [5.74, 6) is -12.0. The van der Waals surface area contributed by atoms with E-state index in [2.05, 4.69) is 37.2 Å². The number of nitrogens with two attached hydrogens (primary N) is 2. The number of aliphatic carboxylic acids is 3. The zero-order chi connectivity index (χ0) is 50.4. The summed E-state index contributed by atoms with van der Waals surface area (Å²) >= 11 is 0. The molecule has 0 bridgehead atoms. The maximum absolute atomic E-state index is 13.7. The van der Waals surface area contributed by atoms with Crippen LogP contribution in [-0.4, -0.2) is 165 Å². The Kier molecular flexibility index (Phi) is 25.4. The van der Waals surface area contributed by atoms with Gasteiger partial charge in [0.1, 0.15) is 48.3 Å². The van der Waals surface area contributed by atoms with E-state index in [9.17, 15) is 73.2 Å². The minimum Gasteiger partial charge on any atom is -0.481 e. The molecule has 1 saturated heterocycles. The second kappa shape index (κ2) is 28.8. The molecule has 0 unspecified atom stereocenters. The molecule has 10 atom stereocenters. The van der Waals surface area contributed by atoms with E-state index >= 15 is 0 Å². The van der Waals surface area contributed by atoms with E-state index in [4.69, 9.17) is 11.5 Å². The maximum Gasteiger partial charge on any atom is 0.326 e. The standard InChI is InChI=1S/C41H70N10O15/c1-7-21(4)32(50-33(57)22(5)43)40(64)51-18-10-12-28(51)38(62)49-31(20(2)3)39(63)48-27(19-52)37(61)44-23(6)34(58)45-24(13-15-29(53)54)35(59)46-25(14-16-30(55)56)36(60)47-26(41(65)66)11-8-9-17-42/h20-28,31-32,52H,7-19,42-43H2,1-6H3,(H,44,61)(H,45,58)(H,46,59)(H,47,60)(H,48,63)(H,49,62)(H,50,57)(H,53,54)(H,55,56)(H,65,66)/t21-,22-,23-,24-,25-,26-,27-,28-,31-,32-/m0/s1. The number of nitrogens with one attached hydrogen (secondary N) is 7. The first-order chi connectivity index (χ1) is 30.9. The third-order valence-electron chi connectivity index (χ3n) is 11.0. The SMILES string of the molecule is CC[C@H](C)[C@H](NC(=O)[C@H](C)N)C(=O)N1CCC[C@H]1C(=O)N[C@H](C(=O)N[C@@H](CO)C(=O)N[C@@H](C)C(=O)N[C@@H](CCC(=O)O)C(=O)N[C@@H](CCC(=O)O)C(=O)N[C@@H](CCCCN)C(=O)O)C(C)C. The van der Waals surface area contributed by atoms with Crippen molar-refractivity contribution in [1.82, 2.24) is 42.1 Å². The number of likely N-dealkylation sites (tertiary alicyclic amines) is 1. The number of rotatable bonds is 30. The normalized spacial score (nSPS) is 17.5. The molecule has 0 radical (unpaired) electrons. The summed E-state index contributed by atoms with van der Waals surface area (Å²) in [5, 5.41) is 54.9. The lowest BCUT2D eigenvalue weighted by atomic mass is 9.97. The van der Waals surface area contributed by atoms with Crippen LogP contribution in [0.2, 0.25) is 0 Å². The van der Waals surface area contributed by atoms with Crippen molar-refractivity contribution in [1.29, 1.82) is 0 Å². The Hall–Kier alpha value is -5.95. The molecule has 0 aromatic carbocycles. The highest BCUT2D eigenvalue weighted by atomic mass is 16.4. The van der Waals surface area contributed by atoms with E-state index in [1.165, 1.54) is 11.8 Å². The van der Waals surface area contributed by atoms with Crippen LogP contribution in [0.15, 0.2) is 0 Å². The first-order valence-corrected chi connectivity index (χ1v) is 22.1. The fraction of sp³-hybridized carbons (Fsp3) is 0.732. The quantitative estimate of drug-likeness (QED) is 0.0309. The van der Waals surface area contributed by atoms with Gasteiger partial charge < -0.3 is 74.0 Å². The Balaban J connectivity index is 3.14. The number of carboxylic acids is 3. The molecule has 8 amide bonds. The van der Waals surface area contributed by atoms with Crippen molar-refractivity contribution in [2.75, 3.05) is 19.7 Å². The number of carbonyl (C=O) groups excluding carboxylic acids is 8. The lowest BCUT2D eigenvalue weighted by molar-refractivity contribution is -0.143. The molecule has 1 rings (SSSR count). The molecule has 66 heavy (non-hydrogen) atoms. The van der Waals surface area contributed by atoms with Crippen LogP contribution in [0.5, 0.6) is 0 Å². The summed E-state index contributed by atoms with van der Waals surface area (Å²) in [7, 11) is 0. The highest BCUT2D eigenvalue weighted by molar-refractivity contribution is 5.98. The first kappa shape index (κ1) is 58.1. The molecule has 374 valence electrons. The third kappa shape index (κ3) is 19.3. The van der Waals surface area contributed by atoms with E-state index in [0.717, 1.165) is 6.92 Å². The van der Waals surface area contributed by atoms with Crippen LogP contribution in [0.3, 0.4) is 0 Å². The fourth-order valence-corrected chi connectivity index (χ4v) is 6.73. The maximum atomic E-state index is 13.7. The molecule has 0 saturated carbocycles. The van der Waals surface area contributed by atoms with E-state index in [-0.39, 0.29) is 31.8 Å². The minimum atomic E-state index is -1.69. The number of aliphatic hydroxyl groups is 1. The molecule has 1 aliphatic rings. The molecule has 1 heterocycles. The molecule has 0 spiro atoms. The number of aliphatic hydroxyl groups excluding tert-OH is 1.